The van der Waals surface area contributed by atoms with Crippen molar-refractivity contribution in [3.05, 3.63) is 66.0 Å². The molecule has 1 fully saturated rings. The summed E-state index contributed by atoms with van der Waals surface area (Å²) < 4.78 is 5.78. The maximum absolute atomic E-state index is 12.8. The molecule has 120 valence electrons. The summed E-state index contributed by atoms with van der Waals surface area (Å²) in [6, 6.07) is 14.0. The fraction of sp³-hybridized carbons (Fsp3) is 0.368. The van der Waals surface area contributed by atoms with Crippen molar-refractivity contribution in [2.24, 2.45) is 0 Å². The predicted molar refractivity (Wildman–Crippen MR) is 88.9 cm³/mol. The van der Waals surface area contributed by atoms with Gasteiger partial charge >= 0.3 is 0 Å². The number of hydrogen-bond donors (Lipinski definition) is 0. The van der Waals surface area contributed by atoms with Crippen molar-refractivity contribution in [3.63, 3.8) is 0 Å². The van der Waals surface area contributed by atoms with Gasteiger partial charge in [-0.1, -0.05) is 36.4 Å². The zero-order chi connectivity index (χ0) is 16.1. The lowest BCUT2D eigenvalue weighted by Crippen LogP contribution is -2.46. The van der Waals surface area contributed by atoms with Crippen LogP contribution in [0.5, 0.6) is 0 Å². The van der Waals surface area contributed by atoms with Crippen molar-refractivity contribution >= 4 is 5.91 Å². The lowest BCUT2D eigenvalue weighted by Gasteiger charge is -2.39. The minimum Gasteiger partial charge on any atom is -0.374 e. The number of rotatable bonds is 4. The van der Waals surface area contributed by atoms with Gasteiger partial charge in [0.1, 0.15) is 0 Å². The molecule has 2 heterocycles. The Morgan fingerprint density at radius 3 is 2.83 bits per heavy atom. The number of aryl methyl sites for hydroxylation is 1. The summed E-state index contributed by atoms with van der Waals surface area (Å²) in [5.74, 6) is 0.179. The number of benzene rings is 1. The van der Waals surface area contributed by atoms with E-state index in [-0.39, 0.29) is 18.1 Å². The van der Waals surface area contributed by atoms with Crippen molar-refractivity contribution < 1.29 is 9.53 Å². The molecule has 2 atom stereocenters. The highest BCUT2D eigenvalue weighted by Gasteiger charge is 2.31. The van der Waals surface area contributed by atoms with E-state index in [1.807, 2.05) is 48.4 Å². The average molecular weight is 310 g/mol. The number of morpholine rings is 1. The molecule has 0 radical (unpaired) electrons. The van der Waals surface area contributed by atoms with Crippen LogP contribution in [0.1, 0.15) is 30.5 Å². The van der Waals surface area contributed by atoms with Gasteiger partial charge in [0.25, 0.3) is 0 Å². The summed E-state index contributed by atoms with van der Waals surface area (Å²) >= 11 is 0. The topological polar surface area (TPSA) is 42.4 Å². The van der Waals surface area contributed by atoms with Crippen LogP contribution >= 0.6 is 0 Å². The molecule has 4 nitrogen and oxygen atoms in total. The molecule has 0 aliphatic carbocycles. The van der Waals surface area contributed by atoms with Crippen molar-refractivity contribution in [1.82, 2.24) is 9.88 Å². The van der Waals surface area contributed by atoms with Gasteiger partial charge in [0.15, 0.2) is 0 Å². The Labute approximate surface area is 137 Å². The second-order valence-electron chi connectivity index (χ2n) is 5.98. The number of carbonyl (C=O) groups excluding carboxylic acids is 1. The Hall–Kier alpha value is -2.20. The van der Waals surface area contributed by atoms with E-state index in [0.29, 0.717) is 19.6 Å². The normalized spacial score (nSPS) is 21.2. The molecule has 1 amide bonds. The van der Waals surface area contributed by atoms with Gasteiger partial charge in [-0.05, 0) is 30.5 Å². The van der Waals surface area contributed by atoms with Crippen LogP contribution in [0, 0.1) is 0 Å². The van der Waals surface area contributed by atoms with E-state index in [9.17, 15) is 4.79 Å². The fourth-order valence-corrected chi connectivity index (χ4v) is 2.97. The smallest absolute Gasteiger partial charge is 0.223 e. The van der Waals surface area contributed by atoms with E-state index >= 15 is 0 Å². The maximum Gasteiger partial charge on any atom is 0.223 e. The van der Waals surface area contributed by atoms with Crippen LogP contribution in [0.2, 0.25) is 0 Å². The molecule has 0 spiro atoms. The van der Waals surface area contributed by atoms with E-state index < -0.39 is 0 Å². The zero-order valence-corrected chi connectivity index (χ0v) is 13.4. The Kier molecular flexibility index (Phi) is 5.03. The van der Waals surface area contributed by atoms with E-state index in [1.165, 1.54) is 0 Å². The van der Waals surface area contributed by atoms with Crippen LogP contribution in [0.4, 0.5) is 0 Å². The molecule has 3 rings (SSSR count). The van der Waals surface area contributed by atoms with Gasteiger partial charge in [0.2, 0.25) is 5.91 Å². The van der Waals surface area contributed by atoms with Crippen LogP contribution < -0.4 is 0 Å². The minimum atomic E-state index is 0.00815. The molecule has 1 aromatic carbocycles. The first-order valence-corrected chi connectivity index (χ1v) is 8.09. The first-order chi connectivity index (χ1) is 11.2. The lowest BCUT2D eigenvalue weighted by atomic mass is 10.0. The van der Waals surface area contributed by atoms with Gasteiger partial charge in [-0.15, -0.1) is 0 Å². The third kappa shape index (κ3) is 3.96. The largest absolute Gasteiger partial charge is 0.374 e. The van der Waals surface area contributed by atoms with E-state index in [0.717, 1.165) is 17.5 Å². The van der Waals surface area contributed by atoms with Gasteiger partial charge < -0.3 is 9.64 Å². The van der Waals surface area contributed by atoms with Gasteiger partial charge in [-0.25, -0.2) is 0 Å². The highest BCUT2D eigenvalue weighted by Crippen LogP contribution is 2.27. The fourth-order valence-electron chi connectivity index (χ4n) is 2.97. The van der Waals surface area contributed by atoms with Gasteiger partial charge in [0, 0.05) is 25.4 Å². The maximum atomic E-state index is 12.8. The van der Waals surface area contributed by atoms with Crippen molar-refractivity contribution in [3.8, 4) is 0 Å². The number of pyridine rings is 1. The van der Waals surface area contributed by atoms with Crippen LogP contribution in [-0.2, 0) is 16.0 Å². The monoisotopic (exact) mass is 310 g/mol. The number of amides is 1. The number of nitrogens with zero attached hydrogens (tertiary/aromatic N) is 2. The van der Waals surface area contributed by atoms with E-state index in [4.69, 9.17) is 4.74 Å². The first kappa shape index (κ1) is 15.7. The van der Waals surface area contributed by atoms with Gasteiger partial charge in [0.05, 0.1) is 18.8 Å². The molecular formula is C19H22N2O2. The van der Waals surface area contributed by atoms with Crippen LogP contribution in [-0.4, -0.2) is 35.0 Å². The average Bonchev–Trinajstić information content (AvgIpc) is 2.61. The van der Waals surface area contributed by atoms with Crippen molar-refractivity contribution in [2.75, 3.05) is 13.2 Å². The van der Waals surface area contributed by atoms with Gasteiger partial charge in [-0.3, -0.25) is 9.78 Å². The molecule has 4 heteroatoms. The minimum absolute atomic E-state index is 0.00815. The van der Waals surface area contributed by atoms with Crippen LogP contribution in [0.3, 0.4) is 0 Å². The molecule has 23 heavy (non-hydrogen) atoms. The second-order valence-corrected chi connectivity index (χ2v) is 5.98. The molecule has 1 saturated heterocycles. The summed E-state index contributed by atoms with van der Waals surface area (Å²) in [7, 11) is 0. The van der Waals surface area contributed by atoms with E-state index in [1.54, 1.807) is 6.20 Å². The lowest BCUT2D eigenvalue weighted by molar-refractivity contribution is -0.144. The number of ether oxygens (including phenoxy) is 1. The Bertz CT molecular complexity index is 630. The highest BCUT2D eigenvalue weighted by molar-refractivity contribution is 5.77. The van der Waals surface area contributed by atoms with Gasteiger partial charge in [-0.2, -0.15) is 0 Å². The molecule has 2 aromatic rings. The quantitative estimate of drug-likeness (QED) is 0.872. The standard InChI is InChI=1S/C19H22N2O2/c1-15-13-21(18(14-23-15)17-7-3-2-4-8-17)19(22)10-9-16-6-5-11-20-12-16/h2-8,11-12,15,18H,9-10,13-14H2,1H3/t15-,18-/m1/s1. The molecule has 0 saturated carbocycles. The Morgan fingerprint density at radius 1 is 1.26 bits per heavy atom. The summed E-state index contributed by atoms with van der Waals surface area (Å²) in [5.41, 5.74) is 2.23. The first-order valence-electron chi connectivity index (χ1n) is 8.09. The molecule has 0 N–H and O–H groups in total. The van der Waals surface area contributed by atoms with Crippen molar-refractivity contribution in [2.45, 2.75) is 31.9 Å². The predicted octanol–water partition coefficient (Wildman–Crippen LogP) is 3.00. The Morgan fingerprint density at radius 2 is 2.09 bits per heavy atom. The number of carbonyl (C=O) groups is 1. The summed E-state index contributed by atoms with van der Waals surface area (Å²) in [6.07, 6.45) is 4.88. The number of hydrogen-bond acceptors (Lipinski definition) is 3. The zero-order valence-electron chi connectivity index (χ0n) is 13.4. The Balaban J connectivity index is 1.70. The highest BCUT2D eigenvalue weighted by atomic mass is 16.5. The third-order valence-electron chi connectivity index (χ3n) is 4.22. The SMILES string of the molecule is C[C@@H]1CN(C(=O)CCc2cccnc2)[C@@H](c2ccccc2)CO1. The summed E-state index contributed by atoms with van der Waals surface area (Å²) in [4.78, 5) is 18.8. The van der Waals surface area contributed by atoms with Crippen LogP contribution in [0.15, 0.2) is 54.9 Å². The summed E-state index contributed by atoms with van der Waals surface area (Å²) in [5, 5.41) is 0. The molecule has 1 aliphatic rings. The third-order valence-corrected chi connectivity index (χ3v) is 4.22. The van der Waals surface area contributed by atoms with E-state index in [2.05, 4.69) is 17.1 Å². The van der Waals surface area contributed by atoms with Crippen molar-refractivity contribution in [1.29, 1.82) is 0 Å². The molecular weight excluding hydrogens is 288 g/mol. The molecule has 1 aromatic heterocycles. The molecule has 0 bridgehead atoms. The number of aromatic nitrogens is 1. The molecule has 1 aliphatic heterocycles. The summed E-state index contributed by atoms with van der Waals surface area (Å²) in [6.45, 7) is 3.22. The molecule has 0 unspecified atom stereocenters. The second kappa shape index (κ2) is 7.38. The van der Waals surface area contributed by atoms with Crippen LogP contribution in [0.25, 0.3) is 0 Å².